The highest BCUT2D eigenvalue weighted by molar-refractivity contribution is 9.10. The third-order valence-electron chi connectivity index (χ3n) is 4.08. The summed E-state index contributed by atoms with van der Waals surface area (Å²) in [6, 6.07) is 5.85. The number of ether oxygens (including phenoxy) is 1. The molecule has 1 amide bonds. The molecule has 1 fully saturated rings. The smallest absolute Gasteiger partial charge is 0.238 e. The Morgan fingerprint density at radius 3 is 2.92 bits per heavy atom. The van der Waals surface area contributed by atoms with Crippen LogP contribution < -0.4 is 5.32 Å². The summed E-state index contributed by atoms with van der Waals surface area (Å²) in [5, 5.41) is 4.52. The minimum atomic E-state index is -0.811. The van der Waals surface area contributed by atoms with E-state index in [1.807, 2.05) is 22.4 Å². The summed E-state index contributed by atoms with van der Waals surface area (Å²) in [4.78, 5) is 15.6. The molecule has 3 rings (SSSR count). The zero-order valence-electron chi connectivity index (χ0n) is 14.0. The largest absolute Gasteiger partial charge is 0.377 e. The molecule has 1 aromatic heterocycles. The summed E-state index contributed by atoms with van der Waals surface area (Å²) in [5.74, 6) is -1.87. The molecule has 0 spiro atoms. The molecule has 1 unspecified atom stereocenters. The quantitative estimate of drug-likeness (QED) is 0.687. The SMILES string of the molecule is O=C(CN(Cc1cccs1)CC1CCCO1)Nc1c(F)cc(F)cc1Br. The Morgan fingerprint density at radius 1 is 1.42 bits per heavy atom. The van der Waals surface area contributed by atoms with Gasteiger partial charge in [0.1, 0.15) is 5.82 Å². The molecule has 4 nitrogen and oxygen atoms in total. The van der Waals surface area contributed by atoms with Crippen LogP contribution in [0.4, 0.5) is 14.5 Å². The minimum Gasteiger partial charge on any atom is -0.377 e. The topological polar surface area (TPSA) is 41.6 Å². The van der Waals surface area contributed by atoms with Gasteiger partial charge in [0.25, 0.3) is 0 Å². The lowest BCUT2D eigenvalue weighted by Gasteiger charge is -2.24. The van der Waals surface area contributed by atoms with Gasteiger partial charge in [-0.25, -0.2) is 8.78 Å². The first-order valence-electron chi connectivity index (χ1n) is 8.32. The van der Waals surface area contributed by atoms with Crippen molar-refractivity contribution in [2.24, 2.45) is 0 Å². The summed E-state index contributed by atoms with van der Waals surface area (Å²) < 4.78 is 33.0. The van der Waals surface area contributed by atoms with Crippen molar-refractivity contribution in [2.75, 3.05) is 25.0 Å². The summed E-state index contributed by atoms with van der Waals surface area (Å²) in [7, 11) is 0. The van der Waals surface area contributed by atoms with E-state index in [0.29, 0.717) is 13.1 Å². The highest BCUT2D eigenvalue weighted by Crippen LogP contribution is 2.27. The van der Waals surface area contributed by atoms with Crippen LogP contribution in [0.2, 0.25) is 0 Å². The van der Waals surface area contributed by atoms with E-state index in [0.717, 1.165) is 36.5 Å². The highest BCUT2D eigenvalue weighted by Gasteiger charge is 2.22. The van der Waals surface area contributed by atoms with Crippen molar-refractivity contribution in [2.45, 2.75) is 25.5 Å². The number of anilines is 1. The number of halogens is 3. The Hall–Kier alpha value is -1.35. The maximum Gasteiger partial charge on any atom is 0.238 e. The van der Waals surface area contributed by atoms with Gasteiger partial charge in [0, 0.05) is 35.1 Å². The first-order chi connectivity index (χ1) is 12.5. The number of hydrogen-bond donors (Lipinski definition) is 1. The van der Waals surface area contributed by atoms with Crippen molar-refractivity contribution in [1.82, 2.24) is 4.90 Å². The third-order valence-corrected chi connectivity index (χ3v) is 5.57. The van der Waals surface area contributed by atoms with Gasteiger partial charge < -0.3 is 10.1 Å². The predicted molar refractivity (Wildman–Crippen MR) is 101 cm³/mol. The summed E-state index contributed by atoms with van der Waals surface area (Å²) in [5.41, 5.74) is -0.0513. The minimum absolute atomic E-state index is 0.0513. The van der Waals surface area contributed by atoms with E-state index in [9.17, 15) is 13.6 Å². The highest BCUT2D eigenvalue weighted by atomic mass is 79.9. The van der Waals surface area contributed by atoms with E-state index in [4.69, 9.17) is 4.74 Å². The molecule has 0 aliphatic carbocycles. The van der Waals surface area contributed by atoms with Crippen molar-refractivity contribution in [3.63, 3.8) is 0 Å². The van der Waals surface area contributed by atoms with Crippen LogP contribution in [-0.2, 0) is 16.1 Å². The first kappa shape index (κ1) is 19.4. The Bertz CT molecular complexity index is 729. The molecule has 0 radical (unpaired) electrons. The van der Waals surface area contributed by atoms with Crippen LogP contribution in [0.25, 0.3) is 0 Å². The van der Waals surface area contributed by atoms with Crippen molar-refractivity contribution in [1.29, 1.82) is 0 Å². The monoisotopic (exact) mass is 444 g/mol. The lowest BCUT2D eigenvalue weighted by Crippen LogP contribution is -2.37. The molecule has 1 aliphatic rings. The average Bonchev–Trinajstić information content (AvgIpc) is 3.24. The van der Waals surface area contributed by atoms with E-state index >= 15 is 0 Å². The molecule has 1 atom stereocenters. The van der Waals surface area contributed by atoms with Crippen molar-refractivity contribution >= 4 is 38.9 Å². The number of amides is 1. The van der Waals surface area contributed by atoms with Gasteiger partial charge in [0.15, 0.2) is 5.82 Å². The fourth-order valence-corrected chi connectivity index (χ4v) is 4.18. The molecular weight excluding hydrogens is 426 g/mol. The van der Waals surface area contributed by atoms with Gasteiger partial charge in [0.05, 0.1) is 18.3 Å². The Labute approximate surface area is 163 Å². The number of nitrogens with one attached hydrogen (secondary N) is 1. The standard InChI is InChI=1S/C18H19BrF2N2O2S/c19-15-7-12(20)8-16(21)18(15)22-17(24)11-23(9-13-3-1-5-25-13)10-14-4-2-6-26-14/h2,4,6-8,13H,1,3,5,9-11H2,(H,22,24). The zero-order valence-corrected chi connectivity index (χ0v) is 16.4. The summed E-state index contributed by atoms with van der Waals surface area (Å²) in [6.07, 6.45) is 2.11. The van der Waals surface area contributed by atoms with Gasteiger partial charge in [-0.15, -0.1) is 11.3 Å². The summed E-state index contributed by atoms with van der Waals surface area (Å²) in [6.45, 7) is 2.11. The molecular formula is C18H19BrF2N2O2S. The molecule has 1 aromatic carbocycles. The molecule has 0 saturated carbocycles. The Morgan fingerprint density at radius 2 is 2.27 bits per heavy atom. The molecule has 26 heavy (non-hydrogen) atoms. The van der Waals surface area contributed by atoms with Crippen LogP contribution in [-0.4, -0.2) is 36.6 Å². The molecule has 1 saturated heterocycles. The second-order valence-corrected chi connectivity index (χ2v) is 8.06. The van der Waals surface area contributed by atoms with Gasteiger partial charge >= 0.3 is 0 Å². The van der Waals surface area contributed by atoms with Crippen LogP contribution in [0.15, 0.2) is 34.1 Å². The van der Waals surface area contributed by atoms with Gasteiger partial charge in [-0.1, -0.05) is 6.07 Å². The van der Waals surface area contributed by atoms with E-state index in [1.165, 1.54) is 0 Å². The fourth-order valence-electron chi connectivity index (χ4n) is 2.93. The van der Waals surface area contributed by atoms with Gasteiger partial charge in [0.2, 0.25) is 5.91 Å². The van der Waals surface area contributed by atoms with E-state index in [2.05, 4.69) is 21.2 Å². The number of rotatable bonds is 7. The van der Waals surface area contributed by atoms with Crippen LogP contribution >= 0.6 is 27.3 Å². The number of hydrogen-bond acceptors (Lipinski definition) is 4. The molecule has 140 valence electrons. The van der Waals surface area contributed by atoms with Crippen molar-refractivity contribution in [3.8, 4) is 0 Å². The maximum atomic E-state index is 13.9. The van der Waals surface area contributed by atoms with Crippen LogP contribution in [0.3, 0.4) is 0 Å². The summed E-state index contributed by atoms with van der Waals surface area (Å²) >= 11 is 4.71. The second-order valence-electron chi connectivity index (χ2n) is 6.18. The second kappa shape index (κ2) is 9.03. The van der Waals surface area contributed by atoms with Gasteiger partial charge in [-0.3, -0.25) is 9.69 Å². The predicted octanol–water partition coefficient (Wildman–Crippen LogP) is 4.41. The number of carbonyl (C=O) groups is 1. The van der Waals surface area contributed by atoms with Gasteiger partial charge in [-0.05, 0) is 46.3 Å². The Kier molecular flexibility index (Phi) is 6.74. The zero-order chi connectivity index (χ0) is 18.5. The van der Waals surface area contributed by atoms with Crippen LogP contribution in [0.5, 0.6) is 0 Å². The number of benzene rings is 1. The average molecular weight is 445 g/mol. The van der Waals surface area contributed by atoms with Crippen LogP contribution in [0.1, 0.15) is 17.7 Å². The molecule has 8 heteroatoms. The van der Waals surface area contributed by atoms with Gasteiger partial charge in [-0.2, -0.15) is 0 Å². The van der Waals surface area contributed by atoms with E-state index < -0.39 is 11.6 Å². The number of carbonyl (C=O) groups excluding carboxylic acids is 1. The maximum absolute atomic E-state index is 13.9. The third kappa shape index (κ3) is 5.33. The Balaban J connectivity index is 1.66. The molecule has 1 aliphatic heterocycles. The molecule has 0 bridgehead atoms. The van der Waals surface area contributed by atoms with Crippen LogP contribution in [0, 0.1) is 11.6 Å². The lowest BCUT2D eigenvalue weighted by molar-refractivity contribution is -0.117. The first-order valence-corrected chi connectivity index (χ1v) is 9.99. The number of nitrogens with zero attached hydrogens (tertiary/aromatic N) is 1. The lowest BCUT2D eigenvalue weighted by atomic mass is 10.2. The fraction of sp³-hybridized carbons (Fsp3) is 0.389. The number of thiophene rings is 1. The van der Waals surface area contributed by atoms with Crippen molar-refractivity contribution < 1.29 is 18.3 Å². The normalized spacial score (nSPS) is 17.0. The van der Waals surface area contributed by atoms with E-state index in [1.54, 1.807) is 11.3 Å². The molecule has 2 heterocycles. The van der Waals surface area contributed by atoms with E-state index in [-0.39, 0.29) is 28.7 Å². The molecule has 2 aromatic rings. The molecule has 1 N–H and O–H groups in total. The van der Waals surface area contributed by atoms with Crippen molar-refractivity contribution in [3.05, 3.63) is 50.6 Å².